The molecule has 1 saturated carbocycles. The molecule has 0 aliphatic heterocycles. The first-order valence-electron chi connectivity index (χ1n) is 5.66. The molecule has 0 spiro atoms. The van der Waals surface area contributed by atoms with E-state index in [9.17, 15) is 5.11 Å². The summed E-state index contributed by atoms with van der Waals surface area (Å²) in [6, 6.07) is 1.80. The van der Waals surface area contributed by atoms with Crippen LogP contribution in [0.15, 0.2) is 21.2 Å². The Morgan fingerprint density at radius 3 is 2.62 bits per heavy atom. The SMILES string of the molecule is COC1(C(O)c2occc2Br)CCCCC1. The smallest absolute Gasteiger partial charge is 0.149 e. The normalized spacial score (nSPS) is 21.9. The van der Waals surface area contributed by atoms with Gasteiger partial charge in [-0.25, -0.2) is 0 Å². The van der Waals surface area contributed by atoms with Gasteiger partial charge in [-0.05, 0) is 34.8 Å². The lowest BCUT2D eigenvalue weighted by Crippen LogP contribution is -2.40. The lowest BCUT2D eigenvalue weighted by atomic mass is 9.79. The Labute approximate surface area is 104 Å². The number of halogens is 1. The van der Waals surface area contributed by atoms with E-state index in [0.717, 1.165) is 30.2 Å². The largest absolute Gasteiger partial charge is 0.465 e. The van der Waals surface area contributed by atoms with Gasteiger partial charge in [0.2, 0.25) is 0 Å². The molecule has 0 aromatic carbocycles. The van der Waals surface area contributed by atoms with Gasteiger partial charge >= 0.3 is 0 Å². The Bertz CT molecular complexity index is 342. The zero-order valence-corrected chi connectivity index (χ0v) is 11.0. The third-order valence-electron chi connectivity index (χ3n) is 3.50. The highest BCUT2D eigenvalue weighted by Crippen LogP contribution is 2.42. The van der Waals surface area contributed by atoms with E-state index in [1.54, 1.807) is 19.4 Å². The second-order valence-electron chi connectivity index (χ2n) is 4.36. The number of hydrogen-bond acceptors (Lipinski definition) is 3. The molecule has 90 valence electrons. The number of methoxy groups -OCH3 is 1. The van der Waals surface area contributed by atoms with Crippen LogP contribution in [0, 0.1) is 0 Å². The summed E-state index contributed by atoms with van der Waals surface area (Å²) >= 11 is 3.38. The third kappa shape index (κ3) is 2.06. The van der Waals surface area contributed by atoms with E-state index in [4.69, 9.17) is 9.15 Å². The molecule has 1 aliphatic rings. The number of furan rings is 1. The summed E-state index contributed by atoms with van der Waals surface area (Å²) in [5.74, 6) is 0.573. The lowest BCUT2D eigenvalue weighted by Gasteiger charge is -2.39. The molecular weight excluding hydrogens is 272 g/mol. The first kappa shape index (κ1) is 12.1. The Kier molecular flexibility index (Phi) is 3.72. The van der Waals surface area contributed by atoms with Gasteiger partial charge in [-0.1, -0.05) is 19.3 Å². The highest BCUT2D eigenvalue weighted by Gasteiger charge is 2.42. The summed E-state index contributed by atoms with van der Waals surface area (Å²) in [5, 5.41) is 10.4. The summed E-state index contributed by atoms with van der Waals surface area (Å²) in [7, 11) is 1.67. The van der Waals surface area contributed by atoms with Crippen LogP contribution in [0.4, 0.5) is 0 Å². The molecule has 0 bridgehead atoms. The van der Waals surface area contributed by atoms with Gasteiger partial charge in [0.1, 0.15) is 17.5 Å². The molecule has 1 aromatic rings. The molecule has 16 heavy (non-hydrogen) atoms. The number of rotatable bonds is 3. The Morgan fingerprint density at radius 2 is 2.12 bits per heavy atom. The average Bonchev–Trinajstić information content (AvgIpc) is 2.75. The van der Waals surface area contributed by atoms with Crippen molar-refractivity contribution < 1.29 is 14.3 Å². The molecule has 0 saturated heterocycles. The molecule has 1 atom stereocenters. The molecule has 1 fully saturated rings. The molecule has 2 rings (SSSR count). The average molecular weight is 289 g/mol. The maximum Gasteiger partial charge on any atom is 0.149 e. The second kappa shape index (κ2) is 4.90. The molecule has 0 radical (unpaired) electrons. The van der Waals surface area contributed by atoms with Crippen LogP contribution < -0.4 is 0 Å². The zero-order valence-electron chi connectivity index (χ0n) is 9.41. The highest BCUT2D eigenvalue weighted by atomic mass is 79.9. The predicted molar refractivity (Wildman–Crippen MR) is 64.2 cm³/mol. The predicted octanol–water partition coefficient (Wildman–Crippen LogP) is 3.42. The molecular formula is C12H17BrO3. The van der Waals surface area contributed by atoms with Gasteiger partial charge in [0, 0.05) is 7.11 Å². The number of aliphatic hydroxyl groups excluding tert-OH is 1. The molecule has 1 unspecified atom stereocenters. The van der Waals surface area contributed by atoms with Crippen molar-refractivity contribution in [3.8, 4) is 0 Å². The molecule has 1 aliphatic carbocycles. The Morgan fingerprint density at radius 1 is 1.44 bits per heavy atom. The Hall–Kier alpha value is -0.320. The first-order valence-corrected chi connectivity index (χ1v) is 6.45. The van der Waals surface area contributed by atoms with E-state index in [-0.39, 0.29) is 0 Å². The van der Waals surface area contributed by atoms with Crippen LogP contribution in [-0.4, -0.2) is 17.8 Å². The molecule has 0 amide bonds. The van der Waals surface area contributed by atoms with Crippen LogP contribution in [-0.2, 0) is 4.74 Å². The quantitative estimate of drug-likeness (QED) is 0.927. The second-order valence-corrected chi connectivity index (χ2v) is 5.22. The van der Waals surface area contributed by atoms with E-state index < -0.39 is 11.7 Å². The van der Waals surface area contributed by atoms with Crippen LogP contribution in [0.25, 0.3) is 0 Å². The first-order chi connectivity index (χ1) is 7.69. The summed E-state index contributed by atoms with van der Waals surface area (Å²) in [6.07, 6.45) is 6.08. The number of hydrogen-bond donors (Lipinski definition) is 1. The van der Waals surface area contributed by atoms with Gasteiger partial charge in [-0.2, -0.15) is 0 Å². The summed E-state index contributed by atoms with van der Waals surface area (Å²) in [6.45, 7) is 0. The standard InChI is InChI=1S/C12H17BrO3/c1-15-12(6-3-2-4-7-12)11(14)10-9(13)5-8-16-10/h5,8,11,14H,2-4,6-7H2,1H3. The highest BCUT2D eigenvalue weighted by molar-refractivity contribution is 9.10. The van der Waals surface area contributed by atoms with Gasteiger partial charge in [-0.15, -0.1) is 0 Å². The van der Waals surface area contributed by atoms with Crippen molar-refractivity contribution in [3.05, 3.63) is 22.6 Å². The van der Waals surface area contributed by atoms with E-state index in [1.165, 1.54) is 6.42 Å². The van der Waals surface area contributed by atoms with Gasteiger partial charge in [-0.3, -0.25) is 0 Å². The topological polar surface area (TPSA) is 42.6 Å². The third-order valence-corrected chi connectivity index (χ3v) is 4.15. The van der Waals surface area contributed by atoms with Crippen molar-refractivity contribution >= 4 is 15.9 Å². The fourth-order valence-corrected chi connectivity index (χ4v) is 2.90. The van der Waals surface area contributed by atoms with Crippen molar-refractivity contribution in [1.29, 1.82) is 0 Å². The summed E-state index contributed by atoms with van der Waals surface area (Å²) in [5.41, 5.74) is -0.474. The van der Waals surface area contributed by atoms with Gasteiger partial charge in [0.25, 0.3) is 0 Å². The minimum atomic E-state index is -0.692. The molecule has 1 aromatic heterocycles. The van der Waals surface area contributed by atoms with Crippen molar-refractivity contribution in [2.75, 3.05) is 7.11 Å². The van der Waals surface area contributed by atoms with Crippen LogP contribution in [0.1, 0.15) is 44.0 Å². The lowest BCUT2D eigenvalue weighted by molar-refractivity contribution is -0.131. The fourth-order valence-electron chi connectivity index (χ4n) is 2.48. The van der Waals surface area contributed by atoms with Gasteiger partial charge < -0.3 is 14.3 Å². The number of ether oxygens (including phenoxy) is 1. The number of aliphatic hydroxyl groups is 1. The van der Waals surface area contributed by atoms with E-state index in [2.05, 4.69) is 15.9 Å². The molecule has 1 N–H and O–H groups in total. The zero-order chi connectivity index (χ0) is 11.6. The maximum absolute atomic E-state index is 10.4. The molecule has 3 nitrogen and oxygen atoms in total. The molecule has 1 heterocycles. The van der Waals surface area contributed by atoms with Crippen LogP contribution in [0.3, 0.4) is 0 Å². The van der Waals surface area contributed by atoms with Crippen LogP contribution in [0.2, 0.25) is 0 Å². The minimum absolute atomic E-state index is 0.474. The fraction of sp³-hybridized carbons (Fsp3) is 0.667. The monoisotopic (exact) mass is 288 g/mol. The van der Waals surface area contributed by atoms with Crippen molar-refractivity contribution in [3.63, 3.8) is 0 Å². The van der Waals surface area contributed by atoms with Gasteiger partial charge in [0.15, 0.2) is 0 Å². The maximum atomic E-state index is 10.4. The van der Waals surface area contributed by atoms with Crippen molar-refractivity contribution in [2.45, 2.75) is 43.8 Å². The van der Waals surface area contributed by atoms with E-state index in [1.807, 2.05) is 0 Å². The molecule has 4 heteroatoms. The van der Waals surface area contributed by atoms with Gasteiger partial charge in [0.05, 0.1) is 10.7 Å². The van der Waals surface area contributed by atoms with Crippen LogP contribution >= 0.6 is 15.9 Å². The Balaban J connectivity index is 2.24. The minimum Gasteiger partial charge on any atom is -0.465 e. The van der Waals surface area contributed by atoms with Crippen molar-refractivity contribution in [2.24, 2.45) is 0 Å². The van der Waals surface area contributed by atoms with E-state index in [0.29, 0.717) is 5.76 Å². The van der Waals surface area contributed by atoms with Crippen molar-refractivity contribution in [1.82, 2.24) is 0 Å². The van der Waals surface area contributed by atoms with Crippen LogP contribution in [0.5, 0.6) is 0 Å². The summed E-state index contributed by atoms with van der Waals surface area (Å²) in [4.78, 5) is 0. The van der Waals surface area contributed by atoms with E-state index >= 15 is 0 Å². The summed E-state index contributed by atoms with van der Waals surface area (Å²) < 4.78 is 11.7.